The van der Waals surface area contributed by atoms with E-state index in [0.29, 0.717) is 17.5 Å². The lowest BCUT2D eigenvalue weighted by Gasteiger charge is -2.28. The van der Waals surface area contributed by atoms with Crippen LogP contribution in [-0.4, -0.2) is 26.6 Å². The predicted molar refractivity (Wildman–Crippen MR) is 90.8 cm³/mol. The summed E-state index contributed by atoms with van der Waals surface area (Å²) in [4.78, 5) is 10.8. The van der Waals surface area contributed by atoms with Crippen LogP contribution in [0.2, 0.25) is 0 Å². The molecule has 2 aromatic rings. The summed E-state index contributed by atoms with van der Waals surface area (Å²) in [6, 6.07) is 7.84. The highest BCUT2D eigenvalue weighted by atomic mass is 32.2. The second kappa shape index (κ2) is 6.51. The quantitative estimate of drug-likeness (QED) is 0.818. The van der Waals surface area contributed by atoms with Gasteiger partial charge in [0, 0.05) is 18.5 Å². The van der Waals surface area contributed by atoms with Crippen molar-refractivity contribution >= 4 is 28.4 Å². The number of anilines is 1. The lowest BCUT2D eigenvalue weighted by molar-refractivity contribution is -0.129. The van der Waals surface area contributed by atoms with Crippen LogP contribution in [-0.2, 0) is 13.6 Å². The monoisotopic (exact) mass is 354 g/mol. The van der Waals surface area contributed by atoms with Gasteiger partial charge in [0.15, 0.2) is 11.0 Å². The molecule has 0 aliphatic carbocycles. The molecule has 0 fully saturated rings. The molecule has 0 N–H and O–H groups in total. The van der Waals surface area contributed by atoms with Crippen LogP contribution in [0.15, 0.2) is 35.6 Å². The molecule has 3 rings (SSSR count). The van der Waals surface area contributed by atoms with Crippen LogP contribution in [0.5, 0.6) is 0 Å². The molecule has 0 unspecified atom stereocenters. The van der Waals surface area contributed by atoms with Crippen molar-refractivity contribution in [2.75, 3.05) is 10.7 Å². The Kier molecular flexibility index (Phi) is 4.58. The number of aliphatic imine (C=N–C) groups is 1. The number of aromatic nitrogens is 2. The highest BCUT2D eigenvalue weighted by molar-refractivity contribution is 8.14. The topological polar surface area (TPSA) is 33.4 Å². The van der Waals surface area contributed by atoms with E-state index in [9.17, 15) is 13.2 Å². The van der Waals surface area contributed by atoms with E-state index < -0.39 is 12.6 Å². The minimum absolute atomic E-state index is 0.0577. The molecular formula is C16H17F3N4S. The Hall–Kier alpha value is -1.96. The van der Waals surface area contributed by atoms with Gasteiger partial charge in [-0.3, -0.25) is 0 Å². The van der Waals surface area contributed by atoms with Crippen molar-refractivity contribution in [2.24, 2.45) is 12.0 Å². The van der Waals surface area contributed by atoms with Crippen LogP contribution in [0.4, 0.5) is 24.7 Å². The molecular weight excluding hydrogens is 337 g/mol. The predicted octanol–water partition coefficient (Wildman–Crippen LogP) is 4.42. The molecule has 0 spiro atoms. The summed E-state index contributed by atoms with van der Waals surface area (Å²) in [6.07, 6.45) is -3.32. The van der Waals surface area contributed by atoms with Crippen LogP contribution < -0.4 is 4.90 Å². The molecule has 0 saturated carbocycles. The Morgan fingerprint density at radius 2 is 1.92 bits per heavy atom. The Morgan fingerprint density at radius 3 is 2.58 bits per heavy atom. The van der Waals surface area contributed by atoms with Crippen molar-refractivity contribution in [2.45, 2.75) is 26.1 Å². The zero-order valence-electron chi connectivity index (χ0n) is 13.3. The van der Waals surface area contributed by atoms with Crippen molar-refractivity contribution in [1.29, 1.82) is 0 Å². The van der Waals surface area contributed by atoms with Crippen molar-refractivity contribution in [3.63, 3.8) is 0 Å². The van der Waals surface area contributed by atoms with Crippen molar-refractivity contribution in [3.05, 3.63) is 41.9 Å². The normalized spacial score (nSPS) is 14.5. The Balaban J connectivity index is 1.87. The van der Waals surface area contributed by atoms with Gasteiger partial charge < -0.3 is 9.47 Å². The summed E-state index contributed by atoms with van der Waals surface area (Å²) < 4.78 is 39.1. The Morgan fingerprint density at radius 1 is 1.21 bits per heavy atom. The largest absolute Gasteiger partial charge is 0.389 e. The van der Waals surface area contributed by atoms with E-state index in [1.54, 1.807) is 10.9 Å². The molecule has 8 heteroatoms. The summed E-state index contributed by atoms with van der Waals surface area (Å²) in [5.74, 6) is 0.644. The number of alkyl halides is 3. The lowest BCUT2D eigenvalue weighted by atomic mass is 10.2. The zero-order chi connectivity index (χ0) is 17.3. The second-order valence-electron chi connectivity index (χ2n) is 5.66. The number of imidazole rings is 1. The zero-order valence-corrected chi connectivity index (χ0v) is 14.2. The molecule has 128 valence electrons. The van der Waals surface area contributed by atoms with E-state index in [1.807, 2.05) is 43.1 Å². The number of thioether (sulfide) groups is 1. The van der Waals surface area contributed by atoms with Gasteiger partial charge in [0.05, 0.1) is 19.3 Å². The average Bonchev–Trinajstić information content (AvgIpc) is 2.87. The molecule has 1 aliphatic heterocycles. The molecule has 0 atom stereocenters. The first-order chi connectivity index (χ1) is 11.3. The lowest BCUT2D eigenvalue weighted by Crippen LogP contribution is -2.31. The maximum absolute atomic E-state index is 12.4. The van der Waals surface area contributed by atoms with E-state index in [4.69, 9.17) is 0 Å². The van der Waals surface area contributed by atoms with E-state index in [1.165, 1.54) is 0 Å². The Bertz CT molecular complexity index is 750. The second-order valence-corrected chi connectivity index (χ2v) is 6.72. The summed E-state index contributed by atoms with van der Waals surface area (Å²) in [6.45, 7) is 2.49. The van der Waals surface area contributed by atoms with Crippen molar-refractivity contribution < 1.29 is 13.2 Å². The van der Waals surface area contributed by atoms with E-state index in [2.05, 4.69) is 9.98 Å². The van der Waals surface area contributed by atoms with Crippen LogP contribution in [0, 0.1) is 6.92 Å². The van der Waals surface area contributed by atoms with Crippen molar-refractivity contribution in [1.82, 2.24) is 9.55 Å². The standard InChI is InChI=1S/C16H17F3N4S/c1-11-3-5-12(6-4-11)23-9-13-14(22(2)10-20-13)21-15(23)24-8-7-16(17,18)19/h3-6,10H,7-9H2,1-2H3. The van der Waals surface area contributed by atoms with Crippen LogP contribution in [0.25, 0.3) is 0 Å². The first kappa shape index (κ1) is 16.9. The molecule has 1 aromatic heterocycles. The fraction of sp³-hybridized carbons (Fsp3) is 0.375. The summed E-state index contributed by atoms with van der Waals surface area (Å²) in [7, 11) is 1.83. The van der Waals surface area contributed by atoms with Gasteiger partial charge in [-0.2, -0.15) is 13.2 Å². The van der Waals surface area contributed by atoms with Gasteiger partial charge in [-0.1, -0.05) is 29.5 Å². The molecule has 4 nitrogen and oxygen atoms in total. The highest BCUT2D eigenvalue weighted by Crippen LogP contribution is 2.33. The number of nitrogens with zero attached hydrogens (tertiary/aromatic N) is 4. The number of hydrogen-bond acceptors (Lipinski definition) is 4. The Labute approximate surface area is 142 Å². The minimum atomic E-state index is -4.16. The third-order valence-corrected chi connectivity index (χ3v) is 4.66. The first-order valence-corrected chi connectivity index (χ1v) is 8.45. The smallest absolute Gasteiger partial charge is 0.319 e. The first-order valence-electron chi connectivity index (χ1n) is 7.46. The third-order valence-electron chi connectivity index (χ3n) is 3.68. The number of benzene rings is 1. The average molecular weight is 354 g/mol. The van der Waals surface area contributed by atoms with Gasteiger partial charge in [-0.05, 0) is 19.1 Å². The summed E-state index contributed by atoms with van der Waals surface area (Å²) >= 11 is 1.12. The molecule has 2 heterocycles. The molecule has 0 saturated heterocycles. The van der Waals surface area contributed by atoms with E-state index in [0.717, 1.165) is 28.7 Å². The van der Waals surface area contributed by atoms with Gasteiger partial charge in [0.1, 0.15) is 5.69 Å². The van der Waals surface area contributed by atoms with Gasteiger partial charge in [-0.25, -0.2) is 9.98 Å². The summed E-state index contributed by atoms with van der Waals surface area (Å²) in [5, 5.41) is 0.569. The maximum atomic E-state index is 12.4. The molecule has 0 radical (unpaired) electrons. The summed E-state index contributed by atoms with van der Waals surface area (Å²) in [5.41, 5.74) is 2.84. The number of rotatable bonds is 3. The minimum Gasteiger partial charge on any atom is -0.319 e. The van der Waals surface area contributed by atoms with E-state index in [-0.39, 0.29) is 5.75 Å². The number of hydrogen-bond donors (Lipinski definition) is 0. The van der Waals surface area contributed by atoms with Crippen LogP contribution in [0.3, 0.4) is 0 Å². The van der Waals surface area contributed by atoms with Gasteiger partial charge in [-0.15, -0.1) is 0 Å². The number of halogens is 3. The molecule has 1 aromatic carbocycles. The van der Waals surface area contributed by atoms with Gasteiger partial charge >= 0.3 is 6.18 Å². The van der Waals surface area contributed by atoms with Crippen LogP contribution >= 0.6 is 11.8 Å². The fourth-order valence-corrected chi connectivity index (χ4v) is 3.38. The fourth-order valence-electron chi connectivity index (χ4n) is 2.39. The third kappa shape index (κ3) is 3.75. The number of fused-ring (bicyclic) bond motifs is 1. The molecule has 0 amide bonds. The number of amidine groups is 1. The molecule has 24 heavy (non-hydrogen) atoms. The maximum Gasteiger partial charge on any atom is 0.389 e. The highest BCUT2D eigenvalue weighted by Gasteiger charge is 2.29. The van der Waals surface area contributed by atoms with Crippen LogP contribution in [0.1, 0.15) is 17.7 Å². The van der Waals surface area contributed by atoms with Gasteiger partial charge in [0.25, 0.3) is 0 Å². The SMILES string of the molecule is Cc1ccc(N2Cc3ncn(C)c3N=C2SCCC(F)(F)F)cc1. The van der Waals surface area contributed by atoms with Gasteiger partial charge in [0.2, 0.25) is 0 Å². The van der Waals surface area contributed by atoms with E-state index >= 15 is 0 Å². The molecule has 0 bridgehead atoms. The number of aryl methyl sites for hydroxylation is 2. The molecule has 1 aliphatic rings. The van der Waals surface area contributed by atoms with Crippen molar-refractivity contribution in [3.8, 4) is 0 Å².